The van der Waals surface area contributed by atoms with Crippen LogP contribution in [-0.4, -0.2) is 77.1 Å². The lowest BCUT2D eigenvalue weighted by molar-refractivity contribution is 0.0962. The standard InChI is InChI=1S/C14H20N6/c1-18-4-6-19(7-5-18)11-8-20(9-11)14-12-2-3-15-13(12)16-10-17-14/h2-3,10-11H,4-9H2,1H3,(H,15,16,17). The first-order chi connectivity index (χ1) is 9.81. The Hall–Kier alpha value is -1.66. The first-order valence-corrected chi connectivity index (χ1v) is 7.27. The molecule has 0 radical (unpaired) electrons. The van der Waals surface area contributed by atoms with Crippen molar-refractivity contribution in [2.24, 2.45) is 0 Å². The van der Waals surface area contributed by atoms with Gasteiger partial charge in [-0.15, -0.1) is 0 Å². The molecule has 2 aliphatic heterocycles. The summed E-state index contributed by atoms with van der Waals surface area (Å²) in [6, 6.07) is 2.75. The van der Waals surface area contributed by atoms with E-state index in [-0.39, 0.29) is 0 Å². The van der Waals surface area contributed by atoms with Gasteiger partial charge in [-0.3, -0.25) is 4.90 Å². The predicted octanol–water partition coefficient (Wildman–Crippen LogP) is 0.394. The van der Waals surface area contributed by atoms with Crippen LogP contribution in [0, 0.1) is 0 Å². The summed E-state index contributed by atoms with van der Waals surface area (Å²) in [4.78, 5) is 19.2. The summed E-state index contributed by atoms with van der Waals surface area (Å²) in [6.45, 7) is 6.93. The van der Waals surface area contributed by atoms with Crippen LogP contribution in [0.5, 0.6) is 0 Å². The molecule has 6 nitrogen and oxygen atoms in total. The van der Waals surface area contributed by atoms with Gasteiger partial charge in [0, 0.05) is 51.5 Å². The molecule has 0 aromatic carbocycles. The smallest absolute Gasteiger partial charge is 0.142 e. The third kappa shape index (κ3) is 1.96. The van der Waals surface area contributed by atoms with E-state index in [4.69, 9.17) is 0 Å². The summed E-state index contributed by atoms with van der Waals surface area (Å²) < 4.78 is 0. The Morgan fingerprint density at radius 3 is 2.75 bits per heavy atom. The normalized spacial score (nSPS) is 22.4. The number of hydrogen-bond donors (Lipinski definition) is 1. The molecule has 2 aromatic rings. The molecule has 6 heteroatoms. The number of likely N-dealkylation sites (N-methyl/N-ethyl adjacent to an activating group) is 1. The predicted molar refractivity (Wildman–Crippen MR) is 79.0 cm³/mol. The van der Waals surface area contributed by atoms with Gasteiger partial charge in [0.25, 0.3) is 0 Å². The van der Waals surface area contributed by atoms with Crippen LogP contribution in [0.4, 0.5) is 5.82 Å². The quantitative estimate of drug-likeness (QED) is 0.857. The van der Waals surface area contributed by atoms with Crippen LogP contribution in [0.3, 0.4) is 0 Å². The van der Waals surface area contributed by atoms with E-state index in [1.54, 1.807) is 6.33 Å². The van der Waals surface area contributed by atoms with Crippen molar-refractivity contribution >= 4 is 16.9 Å². The molecule has 0 amide bonds. The Morgan fingerprint density at radius 2 is 1.95 bits per heavy atom. The van der Waals surface area contributed by atoms with Gasteiger partial charge in [-0.05, 0) is 13.1 Å². The third-order valence-electron chi connectivity index (χ3n) is 4.55. The lowest BCUT2D eigenvalue weighted by Crippen LogP contribution is -2.63. The molecule has 0 spiro atoms. The number of nitrogens with one attached hydrogen (secondary N) is 1. The van der Waals surface area contributed by atoms with Gasteiger partial charge in [0.05, 0.1) is 5.39 Å². The molecule has 2 aromatic heterocycles. The number of piperazine rings is 1. The average molecular weight is 272 g/mol. The molecule has 4 rings (SSSR count). The Bertz CT molecular complexity index is 594. The van der Waals surface area contributed by atoms with Crippen molar-refractivity contribution < 1.29 is 0 Å². The van der Waals surface area contributed by atoms with E-state index in [2.05, 4.69) is 42.8 Å². The molecule has 4 heterocycles. The van der Waals surface area contributed by atoms with E-state index in [1.165, 1.54) is 26.2 Å². The number of H-pyrrole nitrogens is 1. The molecule has 2 fully saturated rings. The number of hydrogen-bond acceptors (Lipinski definition) is 5. The Morgan fingerprint density at radius 1 is 1.15 bits per heavy atom. The van der Waals surface area contributed by atoms with Gasteiger partial charge in [0.2, 0.25) is 0 Å². The van der Waals surface area contributed by atoms with E-state index < -0.39 is 0 Å². The number of aromatic nitrogens is 3. The summed E-state index contributed by atoms with van der Waals surface area (Å²) in [7, 11) is 2.20. The Kier molecular flexibility index (Phi) is 2.85. The van der Waals surface area contributed by atoms with Crippen molar-refractivity contribution in [2.75, 3.05) is 51.2 Å². The summed E-state index contributed by atoms with van der Waals surface area (Å²) >= 11 is 0. The Labute approximate surface area is 118 Å². The molecular weight excluding hydrogens is 252 g/mol. The van der Waals surface area contributed by atoms with Crippen LogP contribution in [-0.2, 0) is 0 Å². The third-order valence-corrected chi connectivity index (χ3v) is 4.55. The molecule has 0 saturated carbocycles. The molecule has 0 unspecified atom stereocenters. The highest BCUT2D eigenvalue weighted by molar-refractivity contribution is 5.87. The minimum Gasteiger partial charge on any atom is -0.353 e. The molecule has 0 aliphatic carbocycles. The number of rotatable bonds is 2. The second-order valence-electron chi connectivity index (χ2n) is 5.84. The highest BCUT2D eigenvalue weighted by Gasteiger charge is 2.34. The van der Waals surface area contributed by atoms with Gasteiger partial charge in [-0.1, -0.05) is 0 Å². The maximum atomic E-state index is 4.46. The number of aromatic amines is 1. The van der Waals surface area contributed by atoms with Gasteiger partial charge < -0.3 is 14.8 Å². The molecule has 20 heavy (non-hydrogen) atoms. The van der Waals surface area contributed by atoms with Crippen molar-refractivity contribution in [3.8, 4) is 0 Å². The lowest BCUT2D eigenvalue weighted by Gasteiger charge is -2.48. The van der Waals surface area contributed by atoms with Crippen molar-refractivity contribution in [3.63, 3.8) is 0 Å². The summed E-state index contributed by atoms with van der Waals surface area (Å²) in [6.07, 6.45) is 3.58. The van der Waals surface area contributed by atoms with Crippen LogP contribution in [0.15, 0.2) is 18.6 Å². The van der Waals surface area contributed by atoms with Crippen LogP contribution < -0.4 is 4.90 Å². The number of fused-ring (bicyclic) bond motifs is 1. The van der Waals surface area contributed by atoms with E-state index in [0.717, 1.165) is 29.9 Å². The Balaban J connectivity index is 1.45. The van der Waals surface area contributed by atoms with Crippen LogP contribution in [0.2, 0.25) is 0 Å². The first-order valence-electron chi connectivity index (χ1n) is 7.27. The first kappa shape index (κ1) is 12.1. The maximum Gasteiger partial charge on any atom is 0.142 e. The topological polar surface area (TPSA) is 51.3 Å². The zero-order valence-electron chi connectivity index (χ0n) is 11.8. The summed E-state index contributed by atoms with van der Waals surface area (Å²) in [5.74, 6) is 1.07. The van der Waals surface area contributed by atoms with Gasteiger partial charge in [0.1, 0.15) is 17.8 Å². The number of anilines is 1. The molecular formula is C14H20N6. The molecule has 106 valence electrons. The average Bonchev–Trinajstić information content (AvgIpc) is 2.88. The van der Waals surface area contributed by atoms with Gasteiger partial charge in [0.15, 0.2) is 0 Å². The fraction of sp³-hybridized carbons (Fsp3) is 0.571. The van der Waals surface area contributed by atoms with Gasteiger partial charge in [-0.2, -0.15) is 0 Å². The zero-order valence-corrected chi connectivity index (χ0v) is 11.8. The fourth-order valence-electron chi connectivity index (χ4n) is 3.16. The molecule has 2 saturated heterocycles. The minimum absolute atomic E-state index is 0.688. The number of nitrogens with zero attached hydrogens (tertiary/aromatic N) is 5. The van der Waals surface area contributed by atoms with E-state index >= 15 is 0 Å². The van der Waals surface area contributed by atoms with Gasteiger partial charge in [-0.25, -0.2) is 9.97 Å². The molecule has 1 N–H and O–H groups in total. The monoisotopic (exact) mass is 272 g/mol. The van der Waals surface area contributed by atoms with E-state index in [0.29, 0.717) is 6.04 Å². The molecule has 2 aliphatic rings. The maximum absolute atomic E-state index is 4.46. The van der Waals surface area contributed by atoms with E-state index in [1.807, 2.05) is 6.20 Å². The molecule has 0 bridgehead atoms. The highest BCUT2D eigenvalue weighted by atomic mass is 15.4. The highest BCUT2D eigenvalue weighted by Crippen LogP contribution is 2.27. The van der Waals surface area contributed by atoms with Crippen molar-refractivity contribution in [3.05, 3.63) is 18.6 Å². The van der Waals surface area contributed by atoms with Crippen molar-refractivity contribution in [2.45, 2.75) is 6.04 Å². The fourth-order valence-corrected chi connectivity index (χ4v) is 3.16. The second-order valence-corrected chi connectivity index (χ2v) is 5.84. The SMILES string of the molecule is CN1CCN(C2CN(c3ncnc4[nH]ccc34)C2)CC1. The summed E-state index contributed by atoms with van der Waals surface area (Å²) in [5.41, 5.74) is 0.929. The molecule has 0 atom stereocenters. The minimum atomic E-state index is 0.688. The summed E-state index contributed by atoms with van der Waals surface area (Å²) in [5, 5.41) is 1.13. The second kappa shape index (κ2) is 4.71. The van der Waals surface area contributed by atoms with Gasteiger partial charge >= 0.3 is 0 Å². The van der Waals surface area contributed by atoms with Crippen molar-refractivity contribution in [1.29, 1.82) is 0 Å². The largest absolute Gasteiger partial charge is 0.353 e. The van der Waals surface area contributed by atoms with Crippen LogP contribution in [0.25, 0.3) is 11.0 Å². The van der Waals surface area contributed by atoms with Crippen LogP contribution in [0.1, 0.15) is 0 Å². The lowest BCUT2D eigenvalue weighted by atomic mass is 10.1. The zero-order chi connectivity index (χ0) is 13.5. The van der Waals surface area contributed by atoms with Crippen LogP contribution >= 0.6 is 0 Å². The van der Waals surface area contributed by atoms with E-state index in [9.17, 15) is 0 Å². The van der Waals surface area contributed by atoms with Crippen molar-refractivity contribution in [1.82, 2.24) is 24.8 Å².